The first-order valence-electron chi connectivity index (χ1n) is 5.15. The van der Waals surface area contributed by atoms with Crippen LogP contribution in [0.4, 0.5) is 14.9 Å². The fraction of sp³-hybridized carbons (Fsp3) is 0.417. The highest BCUT2D eigenvalue weighted by molar-refractivity contribution is 6.33. The Labute approximate surface area is 105 Å². The molecule has 0 aliphatic carbocycles. The Kier molecular flexibility index (Phi) is 3.98. The monoisotopic (exact) mass is 259 g/mol. The topological polar surface area (TPSA) is 38.3 Å². The summed E-state index contributed by atoms with van der Waals surface area (Å²) in [6.07, 6.45) is -0.620. The first-order valence-corrected chi connectivity index (χ1v) is 5.52. The largest absolute Gasteiger partial charge is 0.444 e. The third kappa shape index (κ3) is 4.23. The number of rotatable bonds is 1. The van der Waals surface area contributed by atoms with Crippen molar-refractivity contribution in [1.82, 2.24) is 0 Å². The lowest BCUT2D eigenvalue weighted by molar-refractivity contribution is 0.0636. The molecular weight excluding hydrogens is 245 g/mol. The zero-order valence-electron chi connectivity index (χ0n) is 10.2. The van der Waals surface area contributed by atoms with E-state index in [1.54, 1.807) is 27.7 Å². The van der Waals surface area contributed by atoms with E-state index < -0.39 is 17.5 Å². The molecule has 1 aromatic rings. The van der Waals surface area contributed by atoms with E-state index >= 15 is 0 Å². The molecule has 0 saturated carbocycles. The summed E-state index contributed by atoms with van der Waals surface area (Å²) in [6.45, 7) is 6.85. The molecule has 0 bridgehead atoms. The minimum absolute atomic E-state index is 0.138. The fourth-order valence-electron chi connectivity index (χ4n) is 1.17. The molecule has 1 aromatic carbocycles. The van der Waals surface area contributed by atoms with Crippen molar-refractivity contribution >= 4 is 23.4 Å². The Morgan fingerprint density at radius 1 is 1.41 bits per heavy atom. The summed E-state index contributed by atoms with van der Waals surface area (Å²) in [6, 6.07) is 2.62. The third-order valence-electron chi connectivity index (χ3n) is 1.88. The molecule has 0 radical (unpaired) electrons. The van der Waals surface area contributed by atoms with Crippen LogP contribution in [0.1, 0.15) is 26.3 Å². The minimum Gasteiger partial charge on any atom is -0.444 e. The van der Waals surface area contributed by atoms with Gasteiger partial charge in [0.05, 0.1) is 10.7 Å². The second-order valence-electron chi connectivity index (χ2n) is 4.71. The van der Waals surface area contributed by atoms with Crippen LogP contribution in [0, 0.1) is 12.7 Å². The maximum absolute atomic E-state index is 13.1. The van der Waals surface area contributed by atoms with Crippen LogP contribution >= 0.6 is 11.6 Å². The average molecular weight is 260 g/mol. The van der Waals surface area contributed by atoms with Crippen molar-refractivity contribution in [3.63, 3.8) is 0 Å². The van der Waals surface area contributed by atoms with Gasteiger partial charge in [0.1, 0.15) is 11.4 Å². The Hall–Kier alpha value is -1.29. The third-order valence-corrected chi connectivity index (χ3v) is 2.20. The van der Waals surface area contributed by atoms with Crippen LogP contribution in [-0.4, -0.2) is 11.7 Å². The summed E-state index contributed by atoms with van der Waals surface area (Å²) in [5, 5.41) is 2.61. The Balaban J connectivity index is 2.82. The van der Waals surface area contributed by atoms with Crippen molar-refractivity contribution < 1.29 is 13.9 Å². The van der Waals surface area contributed by atoms with Gasteiger partial charge in [-0.3, -0.25) is 5.32 Å². The zero-order chi connectivity index (χ0) is 13.2. The summed E-state index contributed by atoms with van der Waals surface area (Å²) in [7, 11) is 0. The Morgan fingerprint density at radius 2 is 2.00 bits per heavy atom. The lowest BCUT2D eigenvalue weighted by Gasteiger charge is -2.20. The van der Waals surface area contributed by atoms with Gasteiger partial charge in [-0.25, -0.2) is 9.18 Å². The molecule has 0 aliphatic heterocycles. The number of hydrogen-bond donors (Lipinski definition) is 1. The molecule has 3 nitrogen and oxygen atoms in total. The molecule has 0 spiro atoms. The number of nitrogens with one attached hydrogen (secondary N) is 1. The molecule has 0 aromatic heterocycles. The highest BCUT2D eigenvalue weighted by Crippen LogP contribution is 2.25. The number of amides is 1. The number of carbonyl (C=O) groups is 1. The number of carbonyl (C=O) groups excluding carboxylic acids is 1. The van der Waals surface area contributed by atoms with Crippen LogP contribution in [0.5, 0.6) is 0 Å². The number of benzene rings is 1. The molecule has 94 valence electrons. The van der Waals surface area contributed by atoms with Crippen LogP contribution in [0.25, 0.3) is 0 Å². The van der Waals surface area contributed by atoms with Gasteiger partial charge in [0.2, 0.25) is 0 Å². The lowest BCUT2D eigenvalue weighted by atomic mass is 10.2. The molecule has 0 heterocycles. The smallest absolute Gasteiger partial charge is 0.412 e. The van der Waals surface area contributed by atoms with Crippen molar-refractivity contribution in [2.75, 3.05) is 5.32 Å². The van der Waals surface area contributed by atoms with Crippen LogP contribution in [-0.2, 0) is 4.74 Å². The van der Waals surface area contributed by atoms with Crippen LogP contribution < -0.4 is 5.32 Å². The predicted octanol–water partition coefficient (Wildman–Crippen LogP) is 4.13. The second-order valence-corrected chi connectivity index (χ2v) is 5.12. The molecule has 5 heteroatoms. The molecule has 17 heavy (non-hydrogen) atoms. The fourth-order valence-corrected chi connectivity index (χ4v) is 1.36. The molecule has 1 amide bonds. The van der Waals surface area contributed by atoms with E-state index in [9.17, 15) is 9.18 Å². The standard InChI is InChI=1S/C12H15ClFNO2/c1-7-5-10(8(13)6-9(7)14)15-11(16)17-12(2,3)4/h5-6H,1-4H3,(H,15,16). The minimum atomic E-state index is -0.620. The van der Waals surface area contributed by atoms with Crippen LogP contribution in [0.2, 0.25) is 5.02 Å². The lowest BCUT2D eigenvalue weighted by Crippen LogP contribution is -2.27. The van der Waals surface area contributed by atoms with Crippen molar-refractivity contribution in [2.45, 2.75) is 33.3 Å². The maximum Gasteiger partial charge on any atom is 0.412 e. The van der Waals surface area contributed by atoms with Crippen molar-refractivity contribution in [2.24, 2.45) is 0 Å². The van der Waals surface area contributed by atoms with Gasteiger partial charge in [-0.05, 0) is 45.4 Å². The Morgan fingerprint density at radius 3 is 2.53 bits per heavy atom. The van der Waals surface area contributed by atoms with E-state index in [0.29, 0.717) is 11.3 Å². The normalized spacial score (nSPS) is 11.2. The van der Waals surface area contributed by atoms with E-state index in [1.165, 1.54) is 6.07 Å². The average Bonchev–Trinajstić information content (AvgIpc) is 2.11. The van der Waals surface area contributed by atoms with E-state index in [0.717, 1.165) is 6.07 Å². The van der Waals surface area contributed by atoms with E-state index in [-0.39, 0.29) is 5.02 Å². The summed E-state index contributed by atoms with van der Waals surface area (Å²) in [5.74, 6) is -0.412. The van der Waals surface area contributed by atoms with Gasteiger partial charge in [-0.15, -0.1) is 0 Å². The van der Waals surface area contributed by atoms with Gasteiger partial charge in [-0.1, -0.05) is 11.6 Å². The van der Waals surface area contributed by atoms with Crippen LogP contribution in [0.3, 0.4) is 0 Å². The van der Waals surface area contributed by atoms with Crippen molar-refractivity contribution in [1.29, 1.82) is 0 Å². The zero-order valence-corrected chi connectivity index (χ0v) is 11.0. The number of halogens is 2. The van der Waals surface area contributed by atoms with Crippen molar-refractivity contribution in [3.8, 4) is 0 Å². The van der Waals surface area contributed by atoms with Gasteiger partial charge in [-0.2, -0.15) is 0 Å². The predicted molar refractivity (Wildman–Crippen MR) is 66.0 cm³/mol. The first-order chi connectivity index (χ1) is 7.69. The SMILES string of the molecule is Cc1cc(NC(=O)OC(C)(C)C)c(Cl)cc1F. The maximum atomic E-state index is 13.1. The van der Waals surface area contributed by atoms with Gasteiger partial charge in [0, 0.05) is 0 Å². The number of ether oxygens (including phenoxy) is 1. The van der Waals surface area contributed by atoms with Gasteiger partial charge in [0.25, 0.3) is 0 Å². The summed E-state index contributed by atoms with van der Waals surface area (Å²) < 4.78 is 18.2. The number of anilines is 1. The Bertz CT molecular complexity index is 441. The number of aryl methyl sites for hydroxylation is 1. The molecule has 0 aliphatic rings. The van der Waals surface area contributed by atoms with E-state index in [4.69, 9.17) is 16.3 Å². The summed E-state index contributed by atoms with van der Waals surface area (Å²) >= 11 is 5.81. The highest BCUT2D eigenvalue weighted by Gasteiger charge is 2.17. The molecule has 0 atom stereocenters. The molecule has 0 fully saturated rings. The van der Waals surface area contributed by atoms with Gasteiger partial charge < -0.3 is 4.74 Å². The van der Waals surface area contributed by atoms with E-state index in [2.05, 4.69) is 5.32 Å². The molecular formula is C12H15ClFNO2. The molecule has 1 rings (SSSR count). The summed E-state index contributed by atoms with van der Waals surface area (Å²) in [5.41, 5.74) is 0.145. The molecule has 0 unspecified atom stereocenters. The molecule has 1 N–H and O–H groups in total. The quantitative estimate of drug-likeness (QED) is 0.823. The second kappa shape index (κ2) is 4.92. The van der Waals surface area contributed by atoms with E-state index in [1.807, 2.05) is 0 Å². The first kappa shape index (κ1) is 13.8. The summed E-state index contributed by atoms with van der Waals surface area (Å²) in [4.78, 5) is 11.5. The van der Waals surface area contributed by atoms with Gasteiger partial charge >= 0.3 is 6.09 Å². The van der Waals surface area contributed by atoms with Crippen molar-refractivity contribution in [3.05, 3.63) is 28.5 Å². The highest BCUT2D eigenvalue weighted by atomic mass is 35.5. The number of hydrogen-bond acceptors (Lipinski definition) is 2. The van der Waals surface area contributed by atoms with Crippen LogP contribution in [0.15, 0.2) is 12.1 Å². The molecule has 0 saturated heterocycles. The van der Waals surface area contributed by atoms with Gasteiger partial charge in [0.15, 0.2) is 0 Å².